The molecule has 0 aliphatic carbocycles. The summed E-state index contributed by atoms with van der Waals surface area (Å²) in [4.78, 5) is 11.1. The van der Waals surface area contributed by atoms with Gasteiger partial charge in [0.15, 0.2) is 0 Å². The lowest BCUT2D eigenvalue weighted by Crippen LogP contribution is -2.62. The van der Waals surface area contributed by atoms with Crippen molar-refractivity contribution in [2.45, 2.75) is 31.6 Å². The Morgan fingerprint density at radius 2 is 0.706 bits per heavy atom. The van der Waals surface area contributed by atoms with E-state index in [0.29, 0.717) is 12.3 Å². The van der Waals surface area contributed by atoms with Gasteiger partial charge in [0, 0.05) is 52.4 Å². The summed E-state index contributed by atoms with van der Waals surface area (Å²) < 4.78 is 0. The third kappa shape index (κ3) is 1.65. The molecule has 0 radical (unpaired) electrons. The monoisotopic (exact) mass is 236 g/mol. The lowest BCUT2D eigenvalue weighted by Gasteiger charge is -2.46. The molecule has 0 amide bonds. The van der Waals surface area contributed by atoms with Crippen LogP contribution in [-0.2, 0) is 0 Å². The molecule has 0 N–H and O–H groups in total. The summed E-state index contributed by atoms with van der Waals surface area (Å²) in [6.07, 6.45) is 5.53. The van der Waals surface area contributed by atoms with E-state index in [1.54, 1.807) is 0 Å². The average molecular weight is 236 g/mol. The van der Waals surface area contributed by atoms with Gasteiger partial charge in [0.25, 0.3) is 0 Å². The molecule has 0 saturated carbocycles. The standard InChI is InChI=1S/C13H24N4/c1-4-14-6-2-8-16-10-11-17-9-3-7-15(5-1)12(14)13(16)17/h12-13H,1-11H2. The van der Waals surface area contributed by atoms with Crippen LogP contribution in [0.3, 0.4) is 0 Å². The van der Waals surface area contributed by atoms with Crippen molar-refractivity contribution in [3.05, 3.63) is 0 Å². The van der Waals surface area contributed by atoms with Crippen LogP contribution in [0.5, 0.6) is 0 Å². The zero-order chi connectivity index (χ0) is 11.2. The first-order valence-corrected chi connectivity index (χ1v) is 7.40. The molecule has 4 aliphatic heterocycles. The van der Waals surface area contributed by atoms with Crippen molar-refractivity contribution in [2.75, 3.05) is 52.4 Å². The Bertz CT molecular complexity index is 269. The van der Waals surface area contributed by atoms with Gasteiger partial charge in [-0.15, -0.1) is 0 Å². The second-order valence-corrected chi connectivity index (χ2v) is 6.03. The maximum Gasteiger partial charge on any atom is 0.0922 e. The van der Waals surface area contributed by atoms with Gasteiger partial charge in [-0.1, -0.05) is 0 Å². The minimum absolute atomic E-state index is 0.705. The molecule has 0 aromatic carbocycles. The van der Waals surface area contributed by atoms with E-state index >= 15 is 0 Å². The summed E-state index contributed by atoms with van der Waals surface area (Å²) in [6.45, 7) is 10.6. The topological polar surface area (TPSA) is 13.0 Å². The Morgan fingerprint density at radius 3 is 1.06 bits per heavy atom. The van der Waals surface area contributed by atoms with Gasteiger partial charge < -0.3 is 0 Å². The fourth-order valence-electron chi connectivity index (χ4n) is 4.41. The summed E-state index contributed by atoms with van der Waals surface area (Å²) in [5.74, 6) is 0. The molecule has 4 saturated heterocycles. The number of nitrogens with zero attached hydrogens (tertiary/aromatic N) is 4. The highest BCUT2D eigenvalue weighted by Gasteiger charge is 2.46. The van der Waals surface area contributed by atoms with Crippen molar-refractivity contribution in [1.29, 1.82) is 0 Å². The molecule has 4 aliphatic rings. The van der Waals surface area contributed by atoms with Crippen molar-refractivity contribution in [2.24, 2.45) is 0 Å². The SMILES string of the molecule is C1CN2CCCN3CCN4CCCN(C1)C2C34. The van der Waals surface area contributed by atoms with Crippen LogP contribution in [0.1, 0.15) is 19.3 Å². The van der Waals surface area contributed by atoms with Crippen molar-refractivity contribution < 1.29 is 0 Å². The van der Waals surface area contributed by atoms with E-state index in [1.807, 2.05) is 0 Å². The van der Waals surface area contributed by atoms with E-state index in [9.17, 15) is 0 Å². The minimum atomic E-state index is 0.705. The van der Waals surface area contributed by atoms with Gasteiger partial charge in [-0.3, -0.25) is 19.6 Å². The highest BCUT2D eigenvalue weighted by Crippen LogP contribution is 2.31. The fourth-order valence-corrected chi connectivity index (χ4v) is 4.41. The number of hydrogen-bond donors (Lipinski definition) is 0. The van der Waals surface area contributed by atoms with Gasteiger partial charge in [0.1, 0.15) is 0 Å². The maximum atomic E-state index is 2.78. The van der Waals surface area contributed by atoms with Gasteiger partial charge in [-0.25, -0.2) is 0 Å². The largest absolute Gasteiger partial charge is 0.285 e. The molecule has 96 valence electrons. The summed E-state index contributed by atoms with van der Waals surface area (Å²) in [6, 6.07) is 0. The molecule has 0 spiro atoms. The molecule has 0 aromatic rings. The summed E-state index contributed by atoms with van der Waals surface area (Å²) >= 11 is 0. The first-order valence-electron chi connectivity index (χ1n) is 7.40. The van der Waals surface area contributed by atoms with E-state index in [0.717, 1.165) is 0 Å². The number of hydrogen-bond acceptors (Lipinski definition) is 4. The van der Waals surface area contributed by atoms with Crippen molar-refractivity contribution in [1.82, 2.24) is 19.6 Å². The Morgan fingerprint density at radius 1 is 0.412 bits per heavy atom. The summed E-state index contributed by atoms with van der Waals surface area (Å²) in [5, 5.41) is 0. The molecular weight excluding hydrogens is 212 g/mol. The Kier molecular flexibility index (Phi) is 2.65. The highest BCUT2D eigenvalue weighted by molar-refractivity contribution is 4.97. The van der Waals surface area contributed by atoms with Crippen molar-refractivity contribution >= 4 is 0 Å². The molecule has 4 heterocycles. The van der Waals surface area contributed by atoms with E-state index in [2.05, 4.69) is 19.6 Å². The van der Waals surface area contributed by atoms with E-state index < -0.39 is 0 Å². The van der Waals surface area contributed by atoms with Gasteiger partial charge in [0.05, 0.1) is 12.3 Å². The Labute approximate surface area is 104 Å². The van der Waals surface area contributed by atoms with Gasteiger partial charge in [-0.2, -0.15) is 0 Å². The predicted octanol–water partition coefficient (Wildman–Crippen LogP) is 0.0713. The van der Waals surface area contributed by atoms with E-state index in [4.69, 9.17) is 0 Å². The third-order valence-electron chi connectivity index (χ3n) is 5.11. The zero-order valence-electron chi connectivity index (χ0n) is 10.7. The highest BCUT2D eigenvalue weighted by atomic mass is 15.5. The van der Waals surface area contributed by atoms with Crippen LogP contribution in [0.15, 0.2) is 0 Å². The normalized spacial score (nSPS) is 40.9. The predicted molar refractivity (Wildman–Crippen MR) is 67.7 cm³/mol. The van der Waals surface area contributed by atoms with Crippen molar-refractivity contribution in [3.8, 4) is 0 Å². The van der Waals surface area contributed by atoms with Gasteiger partial charge in [-0.05, 0) is 19.3 Å². The molecule has 0 bridgehead atoms. The molecule has 0 unspecified atom stereocenters. The quantitative estimate of drug-likeness (QED) is 0.590. The molecule has 4 fully saturated rings. The molecule has 4 rings (SSSR count). The van der Waals surface area contributed by atoms with Crippen molar-refractivity contribution in [3.63, 3.8) is 0 Å². The average Bonchev–Trinajstić information content (AvgIpc) is 2.56. The second kappa shape index (κ2) is 4.19. The molecule has 0 aromatic heterocycles. The van der Waals surface area contributed by atoms with Gasteiger partial charge >= 0.3 is 0 Å². The second-order valence-electron chi connectivity index (χ2n) is 6.03. The zero-order valence-corrected chi connectivity index (χ0v) is 10.7. The summed E-state index contributed by atoms with van der Waals surface area (Å²) in [7, 11) is 0. The Hall–Kier alpha value is -0.160. The molecule has 0 atom stereocenters. The van der Waals surface area contributed by atoms with Crippen LogP contribution in [0.2, 0.25) is 0 Å². The van der Waals surface area contributed by atoms with Crippen LogP contribution in [0, 0.1) is 0 Å². The third-order valence-corrected chi connectivity index (χ3v) is 5.11. The van der Waals surface area contributed by atoms with E-state index in [1.165, 1.54) is 71.6 Å². The van der Waals surface area contributed by atoms with Gasteiger partial charge in [0.2, 0.25) is 0 Å². The fraction of sp³-hybridized carbons (Fsp3) is 1.00. The van der Waals surface area contributed by atoms with Crippen LogP contribution >= 0.6 is 0 Å². The van der Waals surface area contributed by atoms with Crippen LogP contribution in [-0.4, -0.2) is 84.3 Å². The minimum Gasteiger partial charge on any atom is -0.285 e. The first-order chi connectivity index (χ1) is 8.43. The first kappa shape index (κ1) is 10.7. The lowest BCUT2D eigenvalue weighted by atomic mass is 10.1. The van der Waals surface area contributed by atoms with Crippen LogP contribution in [0.4, 0.5) is 0 Å². The number of rotatable bonds is 0. The van der Waals surface area contributed by atoms with Crippen LogP contribution < -0.4 is 0 Å². The molecular formula is C13H24N4. The smallest absolute Gasteiger partial charge is 0.0922 e. The molecule has 4 heteroatoms. The maximum absolute atomic E-state index is 2.78. The molecule has 4 nitrogen and oxygen atoms in total. The van der Waals surface area contributed by atoms with Crippen LogP contribution in [0.25, 0.3) is 0 Å². The lowest BCUT2D eigenvalue weighted by molar-refractivity contribution is -0.0475. The Balaban J connectivity index is 1.71. The van der Waals surface area contributed by atoms with E-state index in [-0.39, 0.29) is 0 Å². The molecule has 17 heavy (non-hydrogen) atoms. The summed E-state index contributed by atoms with van der Waals surface area (Å²) in [5.41, 5.74) is 0.